The molecule has 0 aliphatic carbocycles. The monoisotopic (exact) mass is 246 g/mol. The first-order valence-corrected chi connectivity index (χ1v) is 6.04. The first-order valence-electron chi connectivity index (χ1n) is 4.92. The Balaban J connectivity index is 2.05. The van der Waals surface area contributed by atoms with E-state index >= 15 is 0 Å². The number of hydrogen-bond donors (Lipinski definition) is 1. The number of fused-ring (bicyclic) bond motifs is 1. The Hall–Kier alpha value is -0.0900. The summed E-state index contributed by atoms with van der Waals surface area (Å²) in [5.74, 6) is 0.249. The summed E-state index contributed by atoms with van der Waals surface area (Å²) >= 11 is 3.24. The molecule has 74 valence electrons. The van der Waals surface area contributed by atoms with Crippen LogP contribution in [-0.4, -0.2) is 41.3 Å². The van der Waals surface area contributed by atoms with E-state index in [1.54, 1.807) is 0 Å². The predicted molar refractivity (Wildman–Crippen MR) is 54.9 cm³/mol. The molecule has 0 bridgehead atoms. The largest absolute Gasteiger partial charge is 0.337 e. The van der Waals surface area contributed by atoms with Crippen molar-refractivity contribution in [3.05, 3.63) is 0 Å². The molecule has 2 atom stereocenters. The van der Waals surface area contributed by atoms with Crippen LogP contribution < -0.4 is 5.32 Å². The van der Waals surface area contributed by atoms with E-state index in [4.69, 9.17) is 0 Å². The van der Waals surface area contributed by atoms with Crippen LogP contribution in [0.4, 0.5) is 0 Å². The van der Waals surface area contributed by atoms with Gasteiger partial charge in [0.1, 0.15) is 0 Å². The van der Waals surface area contributed by atoms with Crippen molar-refractivity contribution >= 4 is 21.8 Å². The molecule has 0 saturated carbocycles. The Labute approximate surface area is 87.0 Å². The zero-order valence-electron chi connectivity index (χ0n) is 7.63. The van der Waals surface area contributed by atoms with E-state index in [2.05, 4.69) is 21.2 Å². The molecule has 0 spiro atoms. The number of likely N-dealkylation sites (tertiary alicyclic amines) is 1. The van der Waals surface area contributed by atoms with Crippen LogP contribution in [0.1, 0.15) is 19.3 Å². The van der Waals surface area contributed by atoms with Crippen molar-refractivity contribution in [2.24, 2.45) is 0 Å². The zero-order valence-corrected chi connectivity index (χ0v) is 9.22. The van der Waals surface area contributed by atoms with Crippen molar-refractivity contribution in [3.63, 3.8) is 0 Å². The van der Waals surface area contributed by atoms with Crippen LogP contribution in [0.15, 0.2) is 0 Å². The molecule has 0 aromatic carbocycles. The number of amides is 1. The maximum Gasteiger partial charge on any atom is 0.233 e. The molecule has 2 fully saturated rings. The molecule has 2 unspecified atom stereocenters. The molecule has 2 aliphatic rings. The average molecular weight is 247 g/mol. The lowest BCUT2D eigenvalue weighted by Crippen LogP contribution is -2.51. The first-order chi connectivity index (χ1) is 6.33. The van der Waals surface area contributed by atoms with Gasteiger partial charge in [-0.15, -0.1) is 0 Å². The lowest BCUT2D eigenvalue weighted by Gasteiger charge is -2.37. The standard InChI is InChI=1S/C9H15BrN2O/c10-6-9(13)12-5-1-2-7-8(12)3-4-11-7/h7-8,11H,1-6H2. The van der Waals surface area contributed by atoms with Crippen molar-refractivity contribution in [3.8, 4) is 0 Å². The second-order valence-corrected chi connectivity index (χ2v) is 4.34. The summed E-state index contributed by atoms with van der Waals surface area (Å²) < 4.78 is 0. The normalized spacial score (nSPS) is 33.2. The number of piperidine rings is 1. The molecule has 0 aromatic heterocycles. The van der Waals surface area contributed by atoms with Crippen molar-refractivity contribution < 1.29 is 4.79 Å². The molecular weight excluding hydrogens is 232 g/mol. The third-order valence-corrected chi connectivity index (χ3v) is 3.54. The number of rotatable bonds is 1. The van der Waals surface area contributed by atoms with Crippen LogP contribution in [-0.2, 0) is 4.79 Å². The SMILES string of the molecule is O=C(CBr)N1CCCC2NCCC21. The van der Waals surface area contributed by atoms with Crippen molar-refractivity contribution in [1.29, 1.82) is 0 Å². The lowest BCUT2D eigenvalue weighted by molar-refractivity contribution is -0.131. The van der Waals surface area contributed by atoms with Crippen LogP contribution in [0.25, 0.3) is 0 Å². The fourth-order valence-electron chi connectivity index (χ4n) is 2.46. The summed E-state index contributed by atoms with van der Waals surface area (Å²) in [6.45, 7) is 2.02. The van der Waals surface area contributed by atoms with Gasteiger partial charge in [0.25, 0.3) is 0 Å². The van der Waals surface area contributed by atoms with Crippen molar-refractivity contribution in [2.75, 3.05) is 18.4 Å². The Bertz CT molecular complexity index is 210. The van der Waals surface area contributed by atoms with Gasteiger partial charge in [-0.1, -0.05) is 15.9 Å². The van der Waals surface area contributed by atoms with Crippen LogP contribution in [0.5, 0.6) is 0 Å². The van der Waals surface area contributed by atoms with E-state index in [9.17, 15) is 4.79 Å². The van der Waals surface area contributed by atoms with E-state index in [0.29, 0.717) is 17.4 Å². The predicted octanol–water partition coefficient (Wildman–Crippen LogP) is 0.734. The Kier molecular flexibility index (Phi) is 2.89. The fraction of sp³-hybridized carbons (Fsp3) is 0.889. The second kappa shape index (κ2) is 3.96. The van der Waals surface area contributed by atoms with Crippen LogP contribution in [0, 0.1) is 0 Å². The number of carbonyl (C=O) groups excluding carboxylic acids is 1. The minimum absolute atomic E-state index is 0.249. The van der Waals surface area contributed by atoms with Crippen LogP contribution in [0.2, 0.25) is 0 Å². The molecule has 0 radical (unpaired) electrons. The number of nitrogens with one attached hydrogen (secondary N) is 1. The fourth-order valence-corrected chi connectivity index (χ4v) is 2.78. The lowest BCUT2D eigenvalue weighted by atomic mass is 9.97. The number of nitrogens with zero attached hydrogens (tertiary/aromatic N) is 1. The topological polar surface area (TPSA) is 32.3 Å². The quantitative estimate of drug-likeness (QED) is 0.693. The number of hydrogen-bond acceptors (Lipinski definition) is 2. The van der Waals surface area contributed by atoms with E-state index in [1.165, 1.54) is 6.42 Å². The van der Waals surface area contributed by atoms with Gasteiger partial charge in [-0.05, 0) is 25.8 Å². The first kappa shape index (κ1) is 9.46. The Morgan fingerprint density at radius 3 is 3.15 bits per heavy atom. The van der Waals surface area contributed by atoms with Gasteiger partial charge in [-0.25, -0.2) is 0 Å². The summed E-state index contributed by atoms with van der Waals surface area (Å²) in [7, 11) is 0. The van der Waals surface area contributed by atoms with Crippen LogP contribution in [0.3, 0.4) is 0 Å². The highest BCUT2D eigenvalue weighted by molar-refractivity contribution is 9.09. The number of alkyl halides is 1. The van der Waals surface area contributed by atoms with Gasteiger partial charge in [0.2, 0.25) is 5.91 Å². The molecule has 4 heteroatoms. The summed E-state index contributed by atoms with van der Waals surface area (Å²) in [5, 5.41) is 3.93. The van der Waals surface area contributed by atoms with Gasteiger partial charge >= 0.3 is 0 Å². The number of carbonyl (C=O) groups is 1. The smallest absolute Gasteiger partial charge is 0.233 e. The average Bonchev–Trinajstić information content (AvgIpc) is 2.63. The third kappa shape index (κ3) is 1.74. The van der Waals surface area contributed by atoms with Gasteiger partial charge in [0.05, 0.1) is 5.33 Å². The highest BCUT2D eigenvalue weighted by atomic mass is 79.9. The zero-order chi connectivity index (χ0) is 9.26. The molecule has 0 aromatic rings. The van der Waals surface area contributed by atoms with Gasteiger partial charge in [-0.3, -0.25) is 4.79 Å². The maximum absolute atomic E-state index is 11.6. The summed E-state index contributed by atoms with van der Waals surface area (Å²) in [6.07, 6.45) is 3.51. The maximum atomic E-state index is 11.6. The second-order valence-electron chi connectivity index (χ2n) is 3.78. The van der Waals surface area contributed by atoms with E-state index in [1.807, 2.05) is 4.90 Å². The minimum atomic E-state index is 0.249. The molecule has 1 N–H and O–H groups in total. The summed E-state index contributed by atoms with van der Waals surface area (Å²) in [6, 6.07) is 1.04. The van der Waals surface area contributed by atoms with E-state index in [-0.39, 0.29) is 5.91 Å². The van der Waals surface area contributed by atoms with Gasteiger partial charge in [0.15, 0.2) is 0 Å². The van der Waals surface area contributed by atoms with Gasteiger partial charge in [0, 0.05) is 18.6 Å². The van der Waals surface area contributed by atoms with Gasteiger partial charge in [-0.2, -0.15) is 0 Å². The highest BCUT2D eigenvalue weighted by Gasteiger charge is 2.36. The summed E-state index contributed by atoms with van der Waals surface area (Å²) in [4.78, 5) is 13.6. The Morgan fingerprint density at radius 2 is 2.38 bits per heavy atom. The van der Waals surface area contributed by atoms with Crippen LogP contribution >= 0.6 is 15.9 Å². The minimum Gasteiger partial charge on any atom is -0.337 e. The molecule has 2 heterocycles. The van der Waals surface area contributed by atoms with Crippen molar-refractivity contribution in [2.45, 2.75) is 31.3 Å². The third-order valence-electron chi connectivity index (χ3n) is 3.06. The molecule has 2 rings (SSSR count). The molecular formula is C9H15BrN2O. The van der Waals surface area contributed by atoms with E-state index < -0.39 is 0 Å². The van der Waals surface area contributed by atoms with E-state index in [0.717, 1.165) is 25.9 Å². The Morgan fingerprint density at radius 1 is 1.54 bits per heavy atom. The highest BCUT2D eigenvalue weighted by Crippen LogP contribution is 2.24. The molecule has 2 aliphatic heterocycles. The van der Waals surface area contributed by atoms with Crippen molar-refractivity contribution in [1.82, 2.24) is 10.2 Å². The van der Waals surface area contributed by atoms with Gasteiger partial charge < -0.3 is 10.2 Å². The number of halogens is 1. The molecule has 1 amide bonds. The molecule has 2 saturated heterocycles. The molecule has 3 nitrogen and oxygen atoms in total. The molecule has 13 heavy (non-hydrogen) atoms. The summed E-state index contributed by atoms with van der Waals surface area (Å²) in [5.41, 5.74) is 0.